The lowest BCUT2D eigenvalue weighted by molar-refractivity contribution is 0.595. The Labute approximate surface area is 107 Å². The molecule has 0 aliphatic carbocycles. The zero-order valence-corrected chi connectivity index (χ0v) is 11.2. The Bertz CT molecular complexity index is 504. The van der Waals surface area contributed by atoms with E-state index in [-0.39, 0.29) is 11.7 Å². The number of nitrogens with one attached hydrogen (secondary N) is 2. The first-order valence-corrected chi connectivity index (χ1v) is 7.92. The van der Waals surface area contributed by atoms with Gasteiger partial charge in [0.2, 0.25) is 5.95 Å². The summed E-state index contributed by atoms with van der Waals surface area (Å²) in [6.07, 6.45) is 2.40. The van der Waals surface area contributed by atoms with Crippen molar-refractivity contribution in [1.82, 2.24) is 9.97 Å². The van der Waals surface area contributed by atoms with Gasteiger partial charge in [-0.05, 0) is 25.3 Å². The van der Waals surface area contributed by atoms with E-state index in [0.29, 0.717) is 18.2 Å². The first-order valence-electron chi connectivity index (χ1n) is 6.10. The molecule has 7 heteroatoms. The predicted octanol–water partition coefficient (Wildman–Crippen LogP) is 0.755. The van der Waals surface area contributed by atoms with E-state index in [9.17, 15) is 8.42 Å². The van der Waals surface area contributed by atoms with E-state index in [1.807, 2.05) is 6.92 Å². The van der Waals surface area contributed by atoms with Crippen molar-refractivity contribution < 1.29 is 8.42 Å². The smallest absolute Gasteiger partial charge is 0.224 e. The summed E-state index contributed by atoms with van der Waals surface area (Å²) in [4.78, 5) is 8.38. The number of anilines is 2. The number of hydrogen-bond donors (Lipinski definition) is 2. The van der Waals surface area contributed by atoms with Crippen LogP contribution in [0.15, 0.2) is 12.3 Å². The number of sulfone groups is 1. The Morgan fingerprint density at radius 2 is 2.28 bits per heavy atom. The highest BCUT2D eigenvalue weighted by molar-refractivity contribution is 7.91. The van der Waals surface area contributed by atoms with Gasteiger partial charge in [-0.15, -0.1) is 0 Å². The zero-order chi connectivity index (χ0) is 13.0. The first-order chi connectivity index (χ1) is 8.59. The molecule has 6 nitrogen and oxygen atoms in total. The van der Waals surface area contributed by atoms with Gasteiger partial charge < -0.3 is 10.6 Å². The van der Waals surface area contributed by atoms with Crippen molar-refractivity contribution in [2.45, 2.75) is 13.3 Å². The Balaban J connectivity index is 1.88. The van der Waals surface area contributed by atoms with Crippen molar-refractivity contribution in [3.8, 4) is 0 Å². The largest absolute Gasteiger partial charge is 0.370 e. The number of hydrogen-bond acceptors (Lipinski definition) is 6. The zero-order valence-electron chi connectivity index (χ0n) is 10.4. The molecule has 0 bridgehead atoms. The lowest BCUT2D eigenvalue weighted by Gasteiger charge is -2.10. The molecule has 0 radical (unpaired) electrons. The molecule has 0 unspecified atom stereocenters. The maximum absolute atomic E-state index is 11.3. The van der Waals surface area contributed by atoms with E-state index in [4.69, 9.17) is 0 Å². The molecule has 1 aromatic rings. The van der Waals surface area contributed by atoms with Crippen molar-refractivity contribution >= 4 is 21.6 Å². The van der Waals surface area contributed by atoms with Crippen LogP contribution in [0, 0.1) is 5.92 Å². The summed E-state index contributed by atoms with van der Waals surface area (Å²) in [7, 11) is -2.81. The van der Waals surface area contributed by atoms with Gasteiger partial charge in [0.15, 0.2) is 9.84 Å². The Kier molecular flexibility index (Phi) is 4.00. The van der Waals surface area contributed by atoms with E-state index in [0.717, 1.165) is 18.8 Å². The fraction of sp³-hybridized carbons (Fsp3) is 0.636. The van der Waals surface area contributed by atoms with E-state index in [2.05, 4.69) is 20.6 Å². The summed E-state index contributed by atoms with van der Waals surface area (Å²) in [6.45, 7) is 3.41. The van der Waals surface area contributed by atoms with Gasteiger partial charge in [-0.3, -0.25) is 0 Å². The van der Waals surface area contributed by atoms with E-state index in [1.54, 1.807) is 12.3 Å². The average Bonchev–Trinajstić information content (AvgIpc) is 2.68. The highest BCUT2D eigenvalue weighted by atomic mass is 32.2. The van der Waals surface area contributed by atoms with Gasteiger partial charge in [0.05, 0.1) is 11.5 Å². The minimum absolute atomic E-state index is 0.168. The lowest BCUT2D eigenvalue weighted by Crippen LogP contribution is -2.17. The van der Waals surface area contributed by atoms with Crippen LogP contribution >= 0.6 is 0 Å². The maximum Gasteiger partial charge on any atom is 0.224 e. The molecule has 1 fully saturated rings. The minimum Gasteiger partial charge on any atom is -0.370 e. The quantitative estimate of drug-likeness (QED) is 0.821. The molecule has 1 aliphatic heterocycles. The summed E-state index contributed by atoms with van der Waals surface area (Å²) in [5, 5.41) is 6.20. The van der Waals surface area contributed by atoms with Crippen LogP contribution in [0.5, 0.6) is 0 Å². The standard InChI is InChI=1S/C11H18N4O2S/c1-2-12-10-3-5-13-11(15-10)14-7-9-4-6-18(16,17)8-9/h3,5,9H,2,4,6-8H2,1H3,(H2,12,13,14,15)/t9-/m0/s1. The van der Waals surface area contributed by atoms with Crippen LogP contribution in [0.1, 0.15) is 13.3 Å². The molecule has 2 N–H and O–H groups in total. The summed E-state index contributed by atoms with van der Waals surface area (Å²) in [5.74, 6) is 2.05. The molecule has 18 heavy (non-hydrogen) atoms. The molecular formula is C11H18N4O2S. The van der Waals surface area contributed by atoms with Crippen LogP contribution in [-0.4, -0.2) is 43.0 Å². The topological polar surface area (TPSA) is 84.0 Å². The molecular weight excluding hydrogens is 252 g/mol. The van der Waals surface area contributed by atoms with Crippen LogP contribution in [0.25, 0.3) is 0 Å². The lowest BCUT2D eigenvalue weighted by atomic mass is 10.1. The molecule has 0 saturated carbocycles. The molecule has 1 saturated heterocycles. The summed E-state index contributed by atoms with van der Waals surface area (Å²) in [5.41, 5.74) is 0. The van der Waals surface area contributed by atoms with Crippen molar-refractivity contribution in [3.05, 3.63) is 12.3 Å². The van der Waals surface area contributed by atoms with Gasteiger partial charge in [-0.1, -0.05) is 0 Å². The molecule has 1 aromatic heterocycles. The second-order valence-corrected chi connectivity index (χ2v) is 6.67. The van der Waals surface area contributed by atoms with Gasteiger partial charge in [-0.25, -0.2) is 13.4 Å². The average molecular weight is 270 g/mol. The van der Waals surface area contributed by atoms with Crippen LogP contribution in [-0.2, 0) is 9.84 Å². The van der Waals surface area contributed by atoms with E-state index in [1.165, 1.54) is 0 Å². The monoisotopic (exact) mass is 270 g/mol. The predicted molar refractivity (Wildman–Crippen MR) is 71.4 cm³/mol. The number of rotatable bonds is 5. The summed E-state index contributed by atoms with van der Waals surface area (Å²) in [6, 6.07) is 1.80. The molecule has 1 aliphatic rings. The summed E-state index contributed by atoms with van der Waals surface area (Å²) >= 11 is 0. The van der Waals surface area contributed by atoms with Crippen LogP contribution < -0.4 is 10.6 Å². The fourth-order valence-corrected chi connectivity index (χ4v) is 3.85. The Hall–Kier alpha value is -1.37. The van der Waals surface area contributed by atoms with Crippen molar-refractivity contribution in [1.29, 1.82) is 0 Å². The molecule has 0 aromatic carbocycles. The Morgan fingerprint density at radius 3 is 2.94 bits per heavy atom. The Morgan fingerprint density at radius 1 is 1.44 bits per heavy atom. The van der Waals surface area contributed by atoms with Gasteiger partial charge in [0.1, 0.15) is 5.82 Å². The van der Waals surface area contributed by atoms with Crippen molar-refractivity contribution in [2.75, 3.05) is 35.2 Å². The third-order valence-corrected chi connectivity index (χ3v) is 4.73. The summed E-state index contributed by atoms with van der Waals surface area (Å²) < 4.78 is 22.6. The van der Waals surface area contributed by atoms with Crippen LogP contribution in [0.2, 0.25) is 0 Å². The van der Waals surface area contributed by atoms with E-state index < -0.39 is 9.84 Å². The van der Waals surface area contributed by atoms with Gasteiger partial charge >= 0.3 is 0 Å². The minimum atomic E-state index is -2.81. The molecule has 2 heterocycles. The second kappa shape index (κ2) is 5.51. The number of aromatic nitrogens is 2. The SMILES string of the molecule is CCNc1ccnc(NC[C@@H]2CCS(=O)(=O)C2)n1. The van der Waals surface area contributed by atoms with Crippen molar-refractivity contribution in [3.63, 3.8) is 0 Å². The maximum atomic E-state index is 11.3. The molecule has 2 rings (SSSR count). The van der Waals surface area contributed by atoms with Crippen LogP contribution in [0.4, 0.5) is 11.8 Å². The third-order valence-electron chi connectivity index (χ3n) is 2.89. The first kappa shape index (κ1) is 13.1. The fourth-order valence-electron chi connectivity index (χ4n) is 1.99. The van der Waals surface area contributed by atoms with Crippen LogP contribution in [0.3, 0.4) is 0 Å². The van der Waals surface area contributed by atoms with Gasteiger partial charge in [0.25, 0.3) is 0 Å². The van der Waals surface area contributed by atoms with Gasteiger partial charge in [-0.2, -0.15) is 4.98 Å². The highest BCUT2D eigenvalue weighted by Crippen LogP contribution is 2.18. The third kappa shape index (κ3) is 3.56. The highest BCUT2D eigenvalue weighted by Gasteiger charge is 2.27. The molecule has 100 valence electrons. The molecule has 0 spiro atoms. The van der Waals surface area contributed by atoms with E-state index >= 15 is 0 Å². The molecule has 1 atom stereocenters. The molecule has 0 amide bonds. The number of nitrogens with zero attached hydrogens (tertiary/aromatic N) is 2. The van der Waals surface area contributed by atoms with Crippen molar-refractivity contribution in [2.24, 2.45) is 5.92 Å². The normalized spacial score (nSPS) is 21.7. The van der Waals surface area contributed by atoms with Gasteiger partial charge in [0, 0.05) is 19.3 Å². The second-order valence-electron chi connectivity index (χ2n) is 4.45.